The fourth-order valence-corrected chi connectivity index (χ4v) is 2.34. The van der Waals surface area contributed by atoms with E-state index in [0.717, 1.165) is 12.8 Å². The molecule has 0 aliphatic carbocycles. The van der Waals surface area contributed by atoms with Gasteiger partial charge in [0.05, 0.1) is 18.1 Å². The van der Waals surface area contributed by atoms with Crippen molar-refractivity contribution < 1.29 is 23.4 Å². The molecule has 26 heavy (non-hydrogen) atoms. The van der Waals surface area contributed by atoms with Crippen LogP contribution in [0.1, 0.15) is 40.5 Å². The van der Waals surface area contributed by atoms with Gasteiger partial charge in [-0.1, -0.05) is 19.1 Å². The molecule has 1 aromatic carbocycles. The summed E-state index contributed by atoms with van der Waals surface area (Å²) in [5, 5.41) is 0.535. The molecular weight excluding hydrogens is 336 g/mol. The van der Waals surface area contributed by atoms with Gasteiger partial charge in [0.2, 0.25) is 0 Å². The van der Waals surface area contributed by atoms with E-state index in [2.05, 4.69) is 19.1 Å². The molecule has 2 rings (SSSR count). The molecule has 2 aromatic rings. The molecule has 0 amide bonds. The maximum Gasteiger partial charge on any atom is 0.383 e. The lowest BCUT2D eigenvalue weighted by atomic mass is 10.2. The van der Waals surface area contributed by atoms with Crippen LogP contribution in [0, 0.1) is 0 Å². The number of allylic oxidation sites excluding steroid dienone is 1. The Balaban J connectivity index is 2.38. The zero-order chi connectivity index (χ0) is 19.1. The predicted octanol–water partition coefficient (Wildman–Crippen LogP) is 4.24. The Morgan fingerprint density at radius 1 is 1.23 bits per heavy atom. The fourth-order valence-electron chi connectivity index (χ4n) is 2.34. The largest absolute Gasteiger partial charge is 0.493 e. The molecule has 6 heteroatoms. The van der Waals surface area contributed by atoms with E-state index in [1.54, 1.807) is 18.2 Å². The highest BCUT2D eigenvalue weighted by Gasteiger charge is 2.20. The molecule has 0 unspecified atom stereocenters. The van der Waals surface area contributed by atoms with Crippen molar-refractivity contribution in [2.24, 2.45) is 0 Å². The average molecular weight is 360 g/mol. The van der Waals surface area contributed by atoms with E-state index in [4.69, 9.17) is 18.6 Å². The standard InChI is InChI=1S/C20H24O6/c1-5-6-7-8-11-23-15-9-10-16-17(12-15)26-20(22)19(25-14(4)21)18(16)24-13(2)3/h6-7,9-10,12-13H,5,8,11H2,1-4H3. The van der Waals surface area contributed by atoms with Crippen molar-refractivity contribution in [2.75, 3.05) is 6.61 Å². The summed E-state index contributed by atoms with van der Waals surface area (Å²) in [4.78, 5) is 23.5. The first-order valence-electron chi connectivity index (χ1n) is 8.66. The topological polar surface area (TPSA) is 75.0 Å². The van der Waals surface area contributed by atoms with Gasteiger partial charge in [-0.15, -0.1) is 0 Å². The van der Waals surface area contributed by atoms with Gasteiger partial charge in [0.1, 0.15) is 11.3 Å². The minimum absolute atomic E-state index is 0.193. The Morgan fingerprint density at radius 2 is 2.00 bits per heavy atom. The highest BCUT2D eigenvalue weighted by atomic mass is 16.6. The number of ether oxygens (including phenoxy) is 3. The lowest BCUT2D eigenvalue weighted by Crippen LogP contribution is -2.15. The van der Waals surface area contributed by atoms with E-state index in [1.807, 2.05) is 13.8 Å². The van der Waals surface area contributed by atoms with Gasteiger partial charge in [0.25, 0.3) is 5.75 Å². The van der Waals surface area contributed by atoms with Gasteiger partial charge in [-0.2, -0.15) is 0 Å². The maximum atomic E-state index is 12.2. The van der Waals surface area contributed by atoms with Crippen molar-refractivity contribution in [3.8, 4) is 17.2 Å². The van der Waals surface area contributed by atoms with Crippen molar-refractivity contribution in [3.63, 3.8) is 0 Å². The molecule has 0 saturated carbocycles. The van der Waals surface area contributed by atoms with Crippen LogP contribution in [0.15, 0.2) is 39.6 Å². The summed E-state index contributed by atoms with van der Waals surface area (Å²) in [5.41, 5.74) is -0.463. The normalized spacial score (nSPS) is 11.3. The molecule has 0 spiro atoms. The number of carbonyl (C=O) groups excluding carboxylic acids is 1. The van der Waals surface area contributed by atoms with Gasteiger partial charge < -0.3 is 18.6 Å². The molecule has 0 N–H and O–H groups in total. The van der Waals surface area contributed by atoms with Gasteiger partial charge in [0.15, 0.2) is 5.75 Å². The summed E-state index contributed by atoms with van der Waals surface area (Å²) >= 11 is 0. The Hall–Kier alpha value is -2.76. The molecule has 0 radical (unpaired) electrons. The molecule has 0 bridgehead atoms. The zero-order valence-electron chi connectivity index (χ0n) is 15.5. The van der Waals surface area contributed by atoms with Crippen molar-refractivity contribution in [3.05, 3.63) is 40.8 Å². The minimum Gasteiger partial charge on any atom is -0.493 e. The second-order valence-electron chi connectivity index (χ2n) is 5.98. The monoisotopic (exact) mass is 360 g/mol. The van der Waals surface area contributed by atoms with Crippen molar-refractivity contribution >= 4 is 16.9 Å². The molecule has 0 aliphatic heterocycles. The summed E-state index contributed by atoms with van der Waals surface area (Å²) in [7, 11) is 0. The van der Waals surface area contributed by atoms with E-state index < -0.39 is 11.6 Å². The summed E-state index contributed by atoms with van der Waals surface area (Å²) in [6.07, 6.45) is 5.71. The van der Waals surface area contributed by atoms with Crippen LogP contribution < -0.4 is 19.8 Å². The van der Waals surface area contributed by atoms with E-state index in [-0.39, 0.29) is 17.6 Å². The molecule has 0 aliphatic rings. The quantitative estimate of drug-likeness (QED) is 0.303. The zero-order valence-corrected chi connectivity index (χ0v) is 15.5. The molecule has 1 heterocycles. The molecule has 0 atom stereocenters. The number of fused-ring (bicyclic) bond motifs is 1. The van der Waals surface area contributed by atoms with E-state index in [1.165, 1.54) is 6.92 Å². The average Bonchev–Trinajstić information content (AvgIpc) is 2.57. The van der Waals surface area contributed by atoms with Gasteiger partial charge in [0, 0.05) is 13.0 Å². The summed E-state index contributed by atoms with van der Waals surface area (Å²) in [6.45, 7) is 7.45. The van der Waals surface area contributed by atoms with Crippen LogP contribution in [0.5, 0.6) is 17.2 Å². The van der Waals surface area contributed by atoms with Crippen molar-refractivity contribution in [2.45, 2.75) is 46.6 Å². The first-order chi connectivity index (χ1) is 12.4. The summed E-state index contributed by atoms with van der Waals surface area (Å²) < 4.78 is 21.7. The van der Waals surface area contributed by atoms with Crippen LogP contribution in [-0.2, 0) is 4.79 Å². The van der Waals surface area contributed by atoms with E-state index in [9.17, 15) is 9.59 Å². The predicted molar refractivity (Wildman–Crippen MR) is 99.1 cm³/mol. The van der Waals surface area contributed by atoms with Crippen molar-refractivity contribution in [1.29, 1.82) is 0 Å². The molecule has 0 fully saturated rings. The van der Waals surface area contributed by atoms with Gasteiger partial charge in [-0.3, -0.25) is 4.79 Å². The van der Waals surface area contributed by atoms with Gasteiger partial charge >= 0.3 is 11.6 Å². The van der Waals surface area contributed by atoms with Crippen LogP contribution in [0.2, 0.25) is 0 Å². The van der Waals surface area contributed by atoms with E-state index >= 15 is 0 Å². The van der Waals surface area contributed by atoms with Crippen LogP contribution >= 0.6 is 0 Å². The summed E-state index contributed by atoms with van der Waals surface area (Å²) in [5.74, 6) is -0.0809. The number of esters is 1. The first-order valence-corrected chi connectivity index (χ1v) is 8.66. The molecule has 0 saturated heterocycles. The maximum absolute atomic E-state index is 12.2. The first kappa shape index (κ1) is 19.6. The minimum atomic E-state index is -0.772. The molecule has 1 aromatic heterocycles. The molecular formula is C20H24O6. The molecule has 140 valence electrons. The number of benzene rings is 1. The third-order valence-electron chi connectivity index (χ3n) is 3.35. The number of hydrogen-bond donors (Lipinski definition) is 0. The van der Waals surface area contributed by atoms with Crippen molar-refractivity contribution in [1.82, 2.24) is 0 Å². The molecule has 6 nitrogen and oxygen atoms in total. The Bertz CT molecular complexity index is 847. The third-order valence-corrected chi connectivity index (χ3v) is 3.35. The summed E-state index contributed by atoms with van der Waals surface area (Å²) in [6, 6.07) is 5.11. The number of carbonyl (C=O) groups is 1. The Labute approximate surface area is 152 Å². The fraction of sp³-hybridized carbons (Fsp3) is 0.400. The highest BCUT2D eigenvalue weighted by molar-refractivity contribution is 5.87. The lowest BCUT2D eigenvalue weighted by molar-refractivity contribution is -0.132. The SMILES string of the molecule is CCC=CCCOc1ccc2c(OC(C)C)c(OC(C)=O)c(=O)oc2c1. The second-order valence-corrected chi connectivity index (χ2v) is 5.98. The second kappa shape index (κ2) is 9.08. The van der Waals surface area contributed by atoms with Crippen LogP contribution in [0.25, 0.3) is 11.0 Å². The van der Waals surface area contributed by atoms with Gasteiger partial charge in [-0.25, -0.2) is 4.79 Å². The van der Waals surface area contributed by atoms with Crippen LogP contribution in [0.4, 0.5) is 0 Å². The van der Waals surface area contributed by atoms with E-state index in [0.29, 0.717) is 23.3 Å². The highest BCUT2D eigenvalue weighted by Crippen LogP contribution is 2.35. The smallest absolute Gasteiger partial charge is 0.383 e. The van der Waals surface area contributed by atoms with Gasteiger partial charge in [-0.05, 0) is 38.8 Å². The lowest BCUT2D eigenvalue weighted by Gasteiger charge is -2.15. The number of hydrogen-bond acceptors (Lipinski definition) is 6. The van der Waals surface area contributed by atoms with Crippen LogP contribution in [-0.4, -0.2) is 18.7 Å². The number of rotatable bonds is 8. The Morgan fingerprint density at radius 3 is 2.65 bits per heavy atom. The third kappa shape index (κ3) is 5.12. The van der Waals surface area contributed by atoms with Crippen LogP contribution in [0.3, 0.4) is 0 Å². The Kier molecular flexibility index (Phi) is 6.83.